The summed E-state index contributed by atoms with van der Waals surface area (Å²) >= 11 is 2.91. The van der Waals surface area contributed by atoms with E-state index < -0.39 is 10.2 Å². The molecule has 0 aliphatic heterocycles. The second-order valence-corrected chi connectivity index (χ2v) is 6.52. The number of aryl methyl sites for hydroxylation is 1. The summed E-state index contributed by atoms with van der Waals surface area (Å²) in [6.07, 6.45) is 0.333. The van der Waals surface area contributed by atoms with Gasteiger partial charge in [-0.25, -0.2) is 5.14 Å². The lowest BCUT2D eigenvalue weighted by Gasteiger charge is -1.97. The Hall–Kier alpha value is -0.710. The summed E-state index contributed by atoms with van der Waals surface area (Å²) in [6.45, 7) is 1.86. The molecule has 1 heterocycles. The van der Waals surface area contributed by atoms with Crippen molar-refractivity contribution in [2.24, 2.45) is 15.3 Å². The number of hydrogen-bond donors (Lipinski definition) is 2. The van der Waals surface area contributed by atoms with Gasteiger partial charge >= 0.3 is 10.2 Å². The molecule has 0 unspecified atom stereocenters. The molecule has 0 amide bonds. The van der Waals surface area contributed by atoms with Crippen LogP contribution in [0.15, 0.2) is 8.74 Å². The SMILES string of the molecule is Cc1nnc(SCCC(N)=NS(N)(=O)=O)s1. The average molecular weight is 281 g/mol. The van der Waals surface area contributed by atoms with Gasteiger partial charge in [0.2, 0.25) is 0 Å². The molecule has 1 rings (SSSR count). The molecule has 90 valence electrons. The molecule has 0 aliphatic rings. The molecule has 0 fully saturated rings. The molecule has 0 atom stereocenters. The highest BCUT2D eigenvalue weighted by Crippen LogP contribution is 2.22. The second-order valence-electron chi connectivity index (χ2n) is 2.78. The van der Waals surface area contributed by atoms with Crippen molar-refractivity contribution in [2.75, 3.05) is 5.75 Å². The molecule has 10 heteroatoms. The zero-order chi connectivity index (χ0) is 12.2. The Morgan fingerprint density at radius 3 is 2.75 bits per heavy atom. The van der Waals surface area contributed by atoms with Crippen molar-refractivity contribution < 1.29 is 8.42 Å². The van der Waals surface area contributed by atoms with Gasteiger partial charge in [-0.1, -0.05) is 23.1 Å². The maximum atomic E-state index is 10.6. The maximum absolute atomic E-state index is 10.6. The van der Waals surface area contributed by atoms with Crippen LogP contribution in [0.2, 0.25) is 0 Å². The lowest BCUT2D eigenvalue weighted by molar-refractivity contribution is 0.599. The van der Waals surface area contributed by atoms with Gasteiger partial charge in [0.25, 0.3) is 0 Å². The fourth-order valence-corrected chi connectivity index (χ4v) is 3.05. The summed E-state index contributed by atoms with van der Waals surface area (Å²) in [5.74, 6) is 0.579. The van der Waals surface area contributed by atoms with Gasteiger partial charge in [-0.3, -0.25) is 0 Å². The molecule has 1 aromatic rings. The summed E-state index contributed by atoms with van der Waals surface area (Å²) in [5.41, 5.74) is 5.37. The van der Waals surface area contributed by atoms with Crippen LogP contribution in [0, 0.1) is 6.92 Å². The third kappa shape index (κ3) is 5.39. The van der Waals surface area contributed by atoms with Crippen molar-refractivity contribution in [1.82, 2.24) is 10.2 Å². The quantitative estimate of drug-likeness (QED) is 0.441. The molecule has 0 bridgehead atoms. The molecule has 0 radical (unpaired) electrons. The Labute approximate surface area is 102 Å². The third-order valence-electron chi connectivity index (χ3n) is 1.34. The number of nitrogens with zero attached hydrogens (tertiary/aromatic N) is 3. The van der Waals surface area contributed by atoms with E-state index in [1.165, 1.54) is 23.1 Å². The molecule has 0 saturated heterocycles. The Morgan fingerprint density at radius 2 is 2.25 bits per heavy atom. The molecule has 0 saturated carbocycles. The van der Waals surface area contributed by atoms with Crippen LogP contribution in [0.5, 0.6) is 0 Å². The zero-order valence-electron chi connectivity index (χ0n) is 8.45. The van der Waals surface area contributed by atoms with Gasteiger partial charge in [-0.05, 0) is 6.92 Å². The first-order valence-electron chi connectivity index (χ1n) is 4.17. The van der Waals surface area contributed by atoms with Crippen LogP contribution in [-0.4, -0.2) is 30.2 Å². The van der Waals surface area contributed by atoms with Crippen LogP contribution >= 0.6 is 23.1 Å². The van der Waals surface area contributed by atoms with Crippen LogP contribution in [0.25, 0.3) is 0 Å². The van der Waals surface area contributed by atoms with E-state index in [9.17, 15) is 8.42 Å². The van der Waals surface area contributed by atoms with Gasteiger partial charge in [0, 0.05) is 12.2 Å². The lowest BCUT2D eigenvalue weighted by Crippen LogP contribution is -2.18. The van der Waals surface area contributed by atoms with Gasteiger partial charge in [0.1, 0.15) is 10.8 Å². The normalized spacial score (nSPS) is 13.0. The van der Waals surface area contributed by atoms with Crippen LogP contribution in [0.3, 0.4) is 0 Å². The van der Waals surface area contributed by atoms with E-state index in [-0.39, 0.29) is 5.84 Å². The van der Waals surface area contributed by atoms with Crippen LogP contribution in [-0.2, 0) is 10.2 Å². The Balaban J connectivity index is 2.39. The van der Waals surface area contributed by atoms with Crippen LogP contribution in [0.1, 0.15) is 11.4 Å². The lowest BCUT2D eigenvalue weighted by atomic mass is 10.5. The number of hydrogen-bond acceptors (Lipinski definition) is 6. The van der Waals surface area contributed by atoms with E-state index in [4.69, 9.17) is 10.9 Å². The topological polar surface area (TPSA) is 124 Å². The summed E-state index contributed by atoms with van der Waals surface area (Å²) in [7, 11) is -3.89. The second kappa shape index (κ2) is 5.57. The standard InChI is InChI=1S/C6H11N5O2S3/c1-4-9-10-6(15-4)14-3-2-5(7)11-16(8,12)13/h2-3H2,1H3,(H2,7,11)(H2,8,12,13). The van der Waals surface area contributed by atoms with Gasteiger partial charge < -0.3 is 5.73 Å². The summed E-state index contributed by atoms with van der Waals surface area (Å²) in [4.78, 5) is 0. The smallest absolute Gasteiger partial charge is 0.318 e. The third-order valence-corrected chi connectivity index (χ3v) is 3.80. The monoisotopic (exact) mass is 281 g/mol. The van der Waals surface area contributed by atoms with Crippen molar-refractivity contribution in [2.45, 2.75) is 17.7 Å². The first kappa shape index (κ1) is 13.4. The first-order chi connectivity index (χ1) is 7.37. The highest BCUT2D eigenvalue weighted by Gasteiger charge is 2.04. The highest BCUT2D eigenvalue weighted by molar-refractivity contribution is 8.01. The molecule has 0 aliphatic carbocycles. The minimum atomic E-state index is -3.89. The fraction of sp³-hybridized carbons (Fsp3) is 0.500. The van der Waals surface area contributed by atoms with Crippen molar-refractivity contribution in [1.29, 1.82) is 0 Å². The van der Waals surface area contributed by atoms with E-state index in [1.807, 2.05) is 6.92 Å². The predicted molar refractivity (Wildman–Crippen MR) is 64.7 cm³/mol. The van der Waals surface area contributed by atoms with E-state index in [2.05, 4.69) is 14.6 Å². The summed E-state index contributed by atoms with van der Waals surface area (Å²) in [6, 6.07) is 0. The van der Waals surface area contributed by atoms with Crippen molar-refractivity contribution in [3.05, 3.63) is 5.01 Å². The Bertz CT molecular complexity index is 480. The largest absolute Gasteiger partial charge is 0.386 e. The molecule has 7 nitrogen and oxygen atoms in total. The van der Waals surface area contributed by atoms with Crippen molar-refractivity contribution >= 4 is 39.1 Å². The minimum absolute atomic E-state index is 0.00348. The number of nitrogens with two attached hydrogens (primary N) is 2. The van der Waals surface area contributed by atoms with E-state index in [0.29, 0.717) is 12.2 Å². The number of amidine groups is 1. The summed E-state index contributed by atoms with van der Waals surface area (Å²) < 4.78 is 25.1. The molecule has 16 heavy (non-hydrogen) atoms. The predicted octanol–water partition coefficient (Wildman–Crippen LogP) is -0.111. The molecular weight excluding hydrogens is 270 g/mol. The Kier molecular flexibility index (Phi) is 4.65. The fourth-order valence-electron chi connectivity index (χ4n) is 0.789. The number of aromatic nitrogens is 2. The van der Waals surface area contributed by atoms with Crippen LogP contribution < -0.4 is 10.9 Å². The summed E-state index contributed by atoms with van der Waals surface area (Å²) in [5, 5.41) is 13.3. The number of rotatable bonds is 5. The zero-order valence-corrected chi connectivity index (χ0v) is 10.9. The molecule has 4 N–H and O–H groups in total. The maximum Gasteiger partial charge on any atom is 0.318 e. The highest BCUT2D eigenvalue weighted by atomic mass is 32.2. The minimum Gasteiger partial charge on any atom is -0.386 e. The van der Waals surface area contributed by atoms with Crippen molar-refractivity contribution in [3.63, 3.8) is 0 Å². The van der Waals surface area contributed by atoms with Gasteiger partial charge in [0.15, 0.2) is 4.34 Å². The molecule has 0 spiro atoms. The van der Waals surface area contributed by atoms with E-state index in [1.54, 1.807) is 0 Å². The molecule has 0 aromatic carbocycles. The average Bonchev–Trinajstić information content (AvgIpc) is 2.48. The van der Waals surface area contributed by atoms with Crippen molar-refractivity contribution in [3.8, 4) is 0 Å². The van der Waals surface area contributed by atoms with Gasteiger partial charge in [-0.15, -0.1) is 14.6 Å². The first-order valence-corrected chi connectivity index (χ1v) is 7.47. The number of thioether (sulfide) groups is 1. The van der Waals surface area contributed by atoms with E-state index >= 15 is 0 Å². The van der Waals surface area contributed by atoms with Crippen LogP contribution in [0.4, 0.5) is 0 Å². The Morgan fingerprint density at radius 1 is 1.56 bits per heavy atom. The molecule has 1 aromatic heterocycles. The molecular formula is C6H11N5O2S3. The van der Waals surface area contributed by atoms with Gasteiger partial charge in [-0.2, -0.15) is 8.42 Å². The van der Waals surface area contributed by atoms with E-state index in [0.717, 1.165) is 9.35 Å². The van der Waals surface area contributed by atoms with Gasteiger partial charge in [0.05, 0.1) is 0 Å².